The van der Waals surface area contributed by atoms with Gasteiger partial charge in [0.25, 0.3) is 0 Å². The summed E-state index contributed by atoms with van der Waals surface area (Å²) in [4.78, 5) is 58.1. The quantitative estimate of drug-likeness (QED) is 0.0146. The average Bonchev–Trinajstić information content (AvgIpc) is 3.45. The molecule has 0 heterocycles. The molecular weight excluding hydrogens is 1070 g/mol. The standard InChI is InChI=1S/C63H112O16P2/c1-4-7-10-13-16-19-22-25-28-31-34-37-40-43-46-49-61(66)73-52-58(64)53-75-80(69,70)76-54-59(65)55-77-81(71,72)78-57-60(79-63(68)51-48-45-42-39-36-33-30-27-24-21-18-15-12-9-6-3)56-74-62(67)50-47-44-41-38-35-32-29-26-23-20-17-14-11-8-5-2/h16-21,25-30,58-60,64-65H,4-15,22-24,31-57H2,1-3H3,(H,69,70)(H,71,72)/b19-16-,20-17-,21-18-,28-25-,29-26-,30-27-/t58-,59-,60+/m0/s1. The van der Waals surface area contributed by atoms with Gasteiger partial charge in [-0.3, -0.25) is 32.5 Å². The molecule has 0 spiro atoms. The summed E-state index contributed by atoms with van der Waals surface area (Å²) in [6.45, 7) is 2.53. The molecule has 0 fully saturated rings. The molecule has 5 atom stereocenters. The molecule has 0 aliphatic carbocycles. The van der Waals surface area contributed by atoms with Gasteiger partial charge < -0.3 is 34.2 Å². The van der Waals surface area contributed by atoms with Gasteiger partial charge in [-0.2, -0.15) is 0 Å². The summed E-state index contributed by atoms with van der Waals surface area (Å²) in [6, 6.07) is 0. The topological polar surface area (TPSA) is 231 Å². The summed E-state index contributed by atoms with van der Waals surface area (Å²) in [7, 11) is -9.77. The third-order valence-electron chi connectivity index (χ3n) is 12.9. The zero-order chi connectivity index (χ0) is 59.6. The zero-order valence-electron chi connectivity index (χ0n) is 50.4. The third-order valence-corrected chi connectivity index (χ3v) is 14.8. The van der Waals surface area contributed by atoms with Crippen LogP contribution in [0.25, 0.3) is 0 Å². The second-order valence-electron chi connectivity index (χ2n) is 20.8. The van der Waals surface area contributed by atoms with Crippen LogP contribution in [0.2, 0.25) is 0 Å². The summed E-state index contributed by atoms with van der Waals surface area (Å²) in [5.41, 5.74) is 0. The Balaban J connectivity index is 4.75. The first kappa shape index (κ1) is 78.0. The van der Waals surface area contributed by atoms with E-state index in [0.29, 0.717) is 19.3 Å². The SMILES string of the molecule is CCCCC/C=C\C/C=C\CCCCCCCC(=O)OC[C@H](O)COP(=O)(O)OC[C@H](O)COP(=O)(O)OC[C@@H](COC(=O)CCCCCCC/C=C\C/C=C\CCCCC)OC(=O)CCCCCCC/C=C\C/C=C\CCCCC. The minimum atomic E-state index is -4.92. The van der Waals surface area contributed by atoms with E-state index in [-0.39, 0.29) is 19.3 Å². The maximum atomic E-state index is 12.9. The molecule has 16 nitrogen and oxygen atoms in total. The molecule has 0 saturated heterocycles. The maximum Gasteiger partial charge on any atom is 0.472 e. The van der Waals surface area contributed by atoms with Crippen molar-refractivity contribution in [1.82, 2.24) is 0 Å². The highest BCUT2D eigenvalue weighted by molar-refractivity contribution is 7.47. The van der Waals surface area contributed by atoms with Crippen LogP contribution in [0.3, 0.4) is 0 Å². The Labute approximate surface area is 490 Å². The second kappa shape index (κ2) is 57.4. The lowest BCUT2D eigenvalue weighted by Crippen LogP contribution is -2.30. The van der Waals surface area contributed by atoms with Crippen LogP contribution >= 0.6 is 15.6 Å². The molecule has 81 heavy (non-hydrogen) atoms. The van der Waals surface area contributed by atoms with Crippen LogP contribution in [0.4, 0.5) is 0 Å². The summed E-state index contributed by atoms with van der Waals surface area (Å²) in [5, 5.41) is 20.5. The van der Waals surface area contributed by atoms with Gasteiger partial charge in [0.15, 0.2) is 6.10 Å². The van der Waals surface area contributed by atoms with Crippen molar-refractivity contribution in [3.63, 3.8) is 0 Å². The Hall–Kier alpha value is -3.01. The Kier molecular flexibility index (Phi) is 55.3. The number of aliphatic hydroxyl groups is 2. The van der Waals surface area contributed by atoms with E-state index in [1.807, 2.05) is 0 Å². The molecule has 0 bridgehead atoms. The molecule has 2 unspecified atom stereocenters. The smallest absolute Gasteiger partial charge is 0.463 e. The lowest BCUT2D eigenvalue weighted by Gasteiger charge is -2.21. The largest absolute Gasteiger partial charge is 0.472 e. The number of hydrogen-bond acceptors (Lipinski definition) is 14. The molecular formula is C63H112O16P2. The van der Waals surface area contributed by atoms with Crippen molar-refractivity contribution in [1.29, 1.82) is 0 Å². The molecule has 0 aromatic carbocycles. The van der Waals surface area contributed by atoms with Gasteiger partial charge >= 0.3 is 33.6 Å². The molecule has 0 aromatic heterocycles. The Morgan fingerprint density at radius 1 is 0.346 bits per heavy atom. The molecule has 0 aliphatic heterocycles. The fourth-order valence-electron chi connectivity index (χ4n) is 8.01. The van der Waals surface area contributed by atoms with Crippen molar-refractivity contribution in [3.05, 3.63) is 72.9 Å². The number of rotatable bonds is 59. The molecule has 470 valence electrons. The maximum absolute atomic E-state index is 12.9. The first-order chi connectivity index (χ1) is 39.2. The zero-order valence-corrected chi connectivity index (χ0v) is 52.2. The normalized spacial score (nSPS) is 14.9. The van der Waals surface area contributed by atoms with Crippen LogP contribution in [0.15, 0.2) is 72.9 Å². The summed E-state index contributed by atoms with van der Waals surface area (Å²) < 4.78 is 60.6. The van der Waals surface area contributed by atoms with Crippen LogP contribution in [0.1, 0.15) is 252 Å². The number of carbonyl (C=O) groups excluding carboxylic acids is 3. The number of allylic oxidation sites excluding steroid dienone is 12. The lowest BCUT2D eigenvalue weighted by atomic mass is 10.1. The van der Waals surface area contributed by atoms with Gasteiger partial charge in [-0.05, 0) is 116 Å². The van der Waals surface area contributed by atoms with Crippen LogP contribution < -0.4 is 0 Å². The van der Waals surface area contributed by atoms with Crippen LogP contribution in [0.5, 0.6) is 0 Å². The summed E-state index contributed by atoms with van der Waals surface area (Å²) >= 11 is 0. The summed E-state index contributed by atoms with van der Waals surface area (Å²) in [5.74, 6) is -1.62. The van der Waals surface area contributed by atoms with Crippen molar-refractivity contribution in [2.45, 2.75) is 270 Å². The highest BCUT2D eigenvalue weighted by Gasteiger charge is 2.29. The van der Waals surface area contributed by atoms with E-state index in [1.54, 1.807) is 0 Å². The van der Waals surface area contributed by atoms with E-state index in [4.69, 9.17) is 32.3 Å². The number of aliphatic hydroxyl groups excluding tert-OH is 2. The van der Waals surface area contributed by atoms with Gasteiger partial charge in [-0.1, -0.05) is 190 Å². The minimum Gasteiger partial charge on any atom is -0.463 e. The van der Waals surface area contributed by atoms with E-state index in [2.05, 4.69) is 93.7 Å². The Bertz CT molecular complexity index is 1780. The number of esters is 3. The number of unbranched alkanes of at least 4 members (excludes halogenated alkanes) is 24. The van der Waals surface area contributed by atoms with Crippen LogP contribution in [0, 0.1) is 0 Å². The second-order valence-corrected chi connectivity index (χ2v) is 23.8. The number of hydrogen-bond donors (Lipinski definition) is 4. The van der Waals surface area contributed by atoms with Gasteiger partial charge in [-0.25, -0.2) is 9.13 Å². The molecule has 0 saturated carbocycles. The van der Waals surface area contributed by atoms with Crippen molar-refractivity contribution < 1.29 is 75.8 Å². The summed E-state index contributed by atoms with van der Waals surface area (Å²) in [6.07, 6.45) is 56.7. The molecule has 0 rings (SSSR count). The molecule has 18 heteroatoms. The first-order valence-corrected chi connectivity index (χ1v) is 34.2. The third kappa shape index (κ3) is 58.6. The van der Waals surface area contributed by atoms with Crippen LogP contribution in [-0.4, -0.2) is 95.9 Å². The number of phosphoric acid groups is 2. The first-order valence-electron chi connectivity index (χ1n) is 31.2. The van der Waals surface area contributed by atoms with E-state index < -0.39 is 91.5 Å². The van der Waals surface area contributed by atoms with Gasteiger partial charge in [0.2, 0.25) is 0 Å². The number of carbonyl (C=O) groups is 3. The van der Waals surface area contributed by atoms with Gasteiger partial charge in [0.05, 0.1) is 26.4 Å². The molecule has 0 aliphatic rings. The number of ether oxygens (including phenoxy) is 3. The highest BCUT2D eigenvalue weighted by Crippen LogP contribution is 2.45. The van der Waals surface area contributed by atoms with Crippen molar-refractivity contribution in [2.24, 2.45) is 0 Å². The van der Waals surface area contributed by atoms with Crippen molar-refractivity contribution in [3.8, 4) is 0 Å². The van der Waals surface area contributed by atoms with E-state index in [0.717, 1.165) is 135 Å². The predicted octanol–water partition coefficient (Wildman–Crippen LogP) is 16.4. The lowest BCUT2D eigenvalue weighted by molar-refractivity contribution is -0.161. The van der Waals surface area contributed by atoms with E-state index in [1.165, 1.54) is 57.8 Å². The number of phosphoric ester groups is 2. The average molecular weight is 1190 g/mol. The highest BCUT2D eigenvalue weighted by atomic mass is 31.2. The fraction of sp³-hybridized carbons (Fsp3) is 0.762. The predicted molar refractivity (Wildman–Crippen MR) is 325 cm³/mol. The minimum absolute atomic E-state index is 0.0857. The van der Waals surface area contributed by atoms with Gasteiger partial charge in [-0.15, -0.1) is 0 Å². The molecule has 0 radical (unpaired) electrons. The van der Waals surface area contributed by atoms with Crippen LogP contribution in [-0.2, 0) is 55.8 Å². The van der Waals surface area contributed by atoms with E-state index in [9.17, 15) is 43.5 Å². The van der Waals surface area contributed by atoms with Gasteiger partial charge in [0.1, 0.15) is 25.4 Å². The molecule has 0 aromatic rings. The Morgan fingerprint density at radius 3 is 0.963 bits per heavy atom. The monoisotopic (exact) mass is 1190 g/mol. The fourth-order valence-corrected chi connectivity index (χ4v) is 9.60. The molecule has 0 amide bonds. The van der Waals surface area contributed by atoms with Gasteiger partial charge in [0, 0.05) is 19.3 Å². The van der Waals surface area contributed by atoms with E-state index >= 15 is 0 Å². The van der Waals surface area contributed by atoms with Crippen molar-refractivity contribution >= 4 is 33.6 Å². The Morgan fingerprint density at radius 2 is 0.617 bits per heavy atom. The molecule has 4 N–H and O–H groups in total. The van der Waals surface area contributed by atoms with Crippen molar-refractivity contribution in [2.75, 3.05) is 39.6 Å².